The summed E-state index contributed by atoms with van der Waals surface area (Å²) in [6.07, 6.45) is 4.70. The van der Waals surface area contributed by atoms with Crippen molar-refractivity contribution in [2.75, 3.05) is 5.32 Å². The van der Waals surface area contributed by atoms with Crippen molar-refractivity contribution in [1.82, 2.24) is 34.7 Å². The van der Waals surface area contributed by atoms with Crippen LogP contribution in [0.4, 0.5) is 5.69 Å². The molecule has 0 aliphatic heterocycles. The van der Waals surface area contributed by atoms with Crippen molar-refractivity contribution in [3.8, 4) is 5.82 Å². The minimum atomic E-state index is -0.232. The zero-order valence-electron chi connectivity index (χ0n) is 12.4. The molecule has 0 fully saturated rings. The third kappa shape index (κ3) is 2.70. The first-order chi connectivity index (χ1) is 11.8. The Bertz CT molecular complexity index is 974. The van der Waals surface area contributed by atoms with Crippen LogP contribution in [0.1, 0.15) is 0 Å². The fraction of sp³-hybridized carbons (Fsp3) is 0.0667. The fourth-order valence-corrected chi connectivity index (χ4v) is 2.34. The van der Waals surface area contributed by atoms with Crippen molar-refractivity contribution in [1.29, 1.82) is 0 Å². The van der Waals surface area contributed by atoms with Crippen LogP contribution in [0.3, 0.4) is 0 Å². The number of tetrazole rings is 1. The number of imidazole rings is 1. The Morgan fingerprint density at radius 3 is 2.79 bits per heavy atom. The number of aromatic nitrogens is 7. The lowest BCUT2D eigenvalue weighted by Gasteiger charge is -2.07. The van der Waals surface area contributed by atoms with Gasteiger partial charge in [0.25, 0.3) is 0 Å². The van der Waals surface area contributed by atoms with Crippen molar-refractivity contribution in [2.45, 2.75) is 6.54 Å². The van der Waals surface area contributed by atoms with Gasteiger partial charge in [0.05, 0.1) is 22.9 Å². The Balaban J connectivity index is 1.51. The third-order valence-corrected chi connectivity index (χ3v) is 3.43. The van der Waals surface area contributed by atoms with E-state index in [9.17, 15) is 4.79 Å². The van der Waals surface area contributed by atoms with Gasteiger partial charge in [-0.25, -0.2) is 14.6 Å². The first-order valence-corrected chi connectivity index (χ1v) is 7.19. The lowest BCUT2D eigenvalue weighted by Crippen LogP contribution is -2.19. The molecule has 24 heavy (non-hydrogen) atoms. The van der Waals surface area contributed by atoms with E-state index in [0.29, 0.717) is 5.69 Å². The van der Waals surface area contributed by atoms with Gasteiger partial charge in [0.15, 0.2) is 0 Å². The first kappa shape index (κ1) is 14.0. The molecular formula is C15H12N8O. The van der Waals surface area contributed by atoms with Gasteiger partial charge in [-0.2, -0.15) is 0 Å². The highest BCUT2D eigenvalue weighted by molar-refractivity contribution is 5.90. The molecule has 0 bridgehead atoms. The second kappa shape index (κ2) is 5.88. The molecule has 0 aliphatic rings. The van der Waals surface area contributed by atoms with Crippen LogP contribution in [0.2, 0.25) is 0 Å². The van der Waals surface area contributed by atoms with E-state index in [2.05, 4.69) is 30.8 Å². The van der Waals surface area contributed by atoms with Crippen LogP contribution in [-0.4, -0.2) is 40.6 Å². The number of nitrogens with zero attached hydrogens (tertiary/aromatic N) is 7. The number of carbonyl (C=O) groups is 1. The summed E-state index contributed by atoms with van der Waals surface area (Å²) >= 11 is 0. The highest BCUT2D eigenvalue weighted by Gasteiger charge is 2.07. The van der Waals surface area contributed by atoms with Crippen LogP contribution >= 0.6 is 0 Å². The van der Waals surface area contributed by atoms with Crippen molar-refractivity contribution in [2.24, 2.45) is 0 Å². The summed E-state index contributed by atoms with van der Waals surface area (Å²) < 4.78 is 3.23. The van der Waals surface area contributed by atoms with Gasteiger partial charge in [-0.3, -0.25) is 9.36 Å². The van der Waals surface area contributed by atoms with E-state index in [4.69, 9.17) is 0 Å². The molecule has 0 spiro atoms. The van der Waals surface area contributed by atoms with E-state index in [-0.39, 0.29) is 12.5 Å². The molecule has 4 rings (SSSR count). The number of rotatable bonds is 4. The number of fused-ring (bicyclic) bond motifs is 1. The van der Waals surface area contributed by atoms with E-state index >= 15 is 0 Å². The number of hydrogen-bond acceptors (Lipinski definition) is 6. The maximum absolute atomic E-state index is 11.9. The minimum Gasteiger partial charge on any atom is -0.323 e. The lowest BCUT2D eigenvalue weighted by atomic mass is 10.3. The van der Waals surface area contributed by atoms with Crippen LogP contribution in [0.25, 0.3) is 16.9 Å². The number of nitrogens with one attached hydrogen (secondary N) is 1. The summed E-state index contributed by atoms with van der Waals surface area (Å²) in [6, 6.07) is 11.4. The van der Waals surface area contributed by atoms with Gasteiger partial charge in [0, 0.05) is 0 Å². The van der Waals surface area contributed by atoms with Gasteiger partial charge >= 0.3 is 0 Å². The molecular weight excluding hydrogens is 308 g/mol. The van der Waals surface area contributed by atoms with Gasteiger partial charge in [-0.1, -0.05) is 12.1 Å². The predicted molar refractivity (Wildman–Crippen MR) is 85.3 cm³/mol. The monoisotopic (exact) mass is 320 g/mol. The zero-order chi connectivity index (χ0) is 16.4. The summed E-state index contributed by atoms with van der Waals surface area (Å²) in [4.78, 5) is 20.6. The van der Waals surface area contributed by atoms with Gasteiger partial charge in [-0.15, -0.1) is 5.10 Å². The Morgan fingerprint density at radius 2 is 2.00 bits per heavy atom. The highest BCUT2D eigenvalue weighted by atomic mass is 16.2. The van der Waals surface area contributed by atoms with Crippen LogP contribution in [-0.2, 0) is 11.3 Å². The molecule has 3 aromatic heterocycles. The van der Waals surface area contributed by atoms with E-state index < -0.39 is 0 Å². The number of benzene rings is 1. The maximum atomic E-state index is 11.9. The molecule has 118 valence electrons. The quantitative estimate of drug-likeness (QED) is 0.603. The number of amides is 1. The smallest absolute Gasteiger partial charge is 0.246 e. The number of carbonyl (C=O) groups excluding carboxylic acids is 1. The number of hydrogen-bond donors (Lipinski definition) is 1. The van der Waals surface area contributed by atoms with Gasteiger partial charge in [0.1, 0.15) is 25.0 Å². The van der Waals surface area contributed by atoms with Crippen molar-refractivity contribution < 1.29 is 4.79 Å². The molecule has 1 aromatic carbocycles. The molecule has 0 unspecified atom stereocenters. The van der Waals surface area contributed by atoms with E-state index in [1.807, 2.05) is 34.9 Å². The zero-order valence-corrected chi connectivity index (χ0v) is 12.4. The summed E-state index contributed by atoms with van der Waals surface area (Å²) in [5.74, 6) is 0.493. The molecule has 0 aliphatic carbocycles. The van der Waals surface area contributed by atoms with Crippen LogP contribution in [0, 0.1) is 0 Å². The topological polar surface area (TPSA) is 103 Å². The molecule has 1 amide bonds. The standard InChI is InChI=1S/C15H12N8O/c24-15(8-22-10-18-20-21-22)19-11-5-6-14(16-7-11)23-9-17-12-3-1-2-4-13(12)23/h1-7,9-10H,8H2,(H,19,24). The molecule has 0 saturated heterocycles. The van der Waals surface area contributed by atoms with E-state index in [0.717, 1.165) is 16.9 Å². The largest absolute Gasteiger partial charge is 0.323 e. The summed E-state index contributed by atoms with van der Waals surface area (Å²) in [5, 5.41) is 13.3. The second-order valence-corrected chi connectivity index (χ2v) is 5.06. The lowest BCUT2D eigenvalue weighted by molar-refractivity contribution is -0.116. The fourth-order valence-electron chi connectivity index (χ4n) is 2.34. The van der Waals surface area contributed by atoms with Crippen molar-refractivity contribution in [3.05, 3.63) is 55.2 Å². The van der Waals surface area contributed by atoms with E-state index in [1.54, 1.807) is 18.6 Å². The molecule has 1 N–H and O–H groups in total. The molecule has 0 atom stereocenters. The van der Waals surface area contributed by atoms with Crippen LogP contribution in [0.5, 0.6) is 0 Å². The summed E-state index contributed by atoms with van der Waals surface area (Å²) in [7, 11) is 0. The van der Waals surface area contributed by atoms with Gasteiger partial charge in [-0.05, 0) is 34.7 Å². The average Bonchev–Trinajstić information content (AvgIpc) is 3.25. The maximum Gasteiger partial charge on any atom is 0.246 e. The Morgan fingerprint density at radius 1 is 1.08 bits per heavy atom. The number of pyridine rings is 1. The minimum absolute atomic E-state index is 0.0426. The Labute approximate surface area is 136 Å². The van der Waals surface area contributed by atoms with Crippen molar-refractivity contribution in [3.63, 3.8) is 0 Å². The molecule has 0 saturated carbocycles. The Kier molecular flexibility index (Phi) is 3.43. The van der Waals surface area contributed by atoms with E-state index in [1.165, 1.54) is 11.0 Å². The SMILES string of the molecule is O=C(Cn1cnnn1)Nc1ccc(-n2cnc3ccccc32)nc1. The summed E-state index contributed by atoms with van der Waals surface area (Å²) in [6.45, 7) is 0.0426. The molecule has 9 heteroatoms. The van der Waals surface area contributed by atoms with Crippen molar-refractivity contribution >= 4 is 22.6 Å². The van der Waals surface area contributed by atoms with Crippen LogP contribution in [0.15, 0.2) is 55.2 Å². The normalized spacial score (nSPS) is 10.8. The number of anilines is 1. The third-order valence-electron chi connectivity index (χ3n) is 3.43. The first-order valence-electron chi connectivity index (χ1n) is 7.19. The van der Waals surface area contributed by atoms with Gasteiger partial charge < -0.3 is 5.32 Å². The average molecular weight is 320 g/mol. The highest BCUT2D eigenvalue weighted by Crippen LogP contribution is 2.17. The van der Waals surface area contributed by atoms with Gasteiger partial charge in [0.2, 0.25) is 5.91 Å². The summed E-state index contributed by atoms with van der Waals surface area (Å²) in [5.41, 5.74) is 2.47. The second-order valence-electron chi connectivity index (χ2n) is 5.06. The molecule has 4 aromatic rings. The predicted octanol–water partition coefficient (Wildman–Crippen LogP) is 1.05. The molecule has 9 nitrogen and oxygen atoms in total. The Hall–Kier alpha value is -3.62. The molecule has 3 heterocycles. The number of para-hydroxylation sites is 2. The molecule has 0 radical (unpaired) electrons. The van der Waals surface area contributed by atoms with Crippen LogP contribution < -0.4 is 5.32 Å².